The van der Waals surface area contributed by atoms with E-state index in [0.29, 0.717) is 5.92 Å². The Morgan fingerprint density at radius 3 is 2.63 bits per heavy atom. The molecule has 2 aliphatic heterocycles. The standard InChI is InChI=1S/C23H25NO2S/c1-18-7-12-23(21-5-3-2-4-6-21)27-24(18)15-19-8-10-22(11-9-19)26-17-20-13-14-25-16-20/h2-12,20H,13-17H2,1H3/t20-/m0/s1. The minimum absolute atomic E-state index is 0.533. The molecule has 2 aliphatic rings. The van der Waals surface area contributed by atoms with Crippen molar-refractivity contribution in [3.8, 4) is 5.75 Å². The number of ether oxygens (including phenoxy) is 2. The molecule has 1 atom stereocenters. The molecule has 4 heteroatoms. The molecule has 0 amide bonds. The van der Waals surface area contributed by atoms with Crippen molar-refractivity contribution in [3.05, 3.63) is 83.6 Å². The third-order valence-electron chi connectivity index (χ3n) is 4.90. The number of allylic oxidation sites excluding steroid dienone is 3. The molecule has 0 unspecified atom stereocenters. The van der Waals surface area contributed by atoms with Crippen molar-refractivity contribution in [2.75, 3.05) is 19.8 Å². The second-order valence-electron chi connectivity index (χ2n) is 7.02. The molecule has 3 nitrogen and oxygen atoms in total. The van der Waals surface area contributed by atoms with Crippen LogP contribution in [0.1, 0.15) is 24.5 Å². The van der Waals surface area contributed by atoms with E-state index in [0.717, 1.165) is 38.5 Å². The van der Waals surface area contributed by atoms with Gasteiger partial charge in [0.1, 0.15) is 5.75 Å². The van der Waals surface area contributed by atoms with Gasteiger partial charge in [0.05, 0.1) is 19.8 Å². The highest BCUT2D eigenvalue weighted by molar-refractivity contribution is 8.06. The predicted octanol–water partition coefficient (Wildman–Crippen LogP) is 5.51. The quantitative estimate of drug-likeness (QED) is 0.617. The summed E-state index contributed by atoms with van der Waals surface area (Å²) in [4.78, 5) is 1.28. The lowest BCUT2D eigenvalue weighted by Gasteiger charge is -2.28. The van der Waals surface area contributed by atoms with Crippen LogP contribution in [-0.2, 0) is 11.3 Å². The van der Waals surface area contributed by atoms with E-state index >= 15 is 0 Å². The SMILES string of the molecule is CC1=CC=C(c2ccccc2)SN1Cc1ccc(OC[C@H]2CCOC2)cc1. The highest BCUT2D eigenvalue weighted by Crippen LogP contribution is 2.37. The Morgan fingerprint density at radius 1 is 1.07 bits per heavy atom. The van der Waals surface area contributed by atoms with E-state index in [1.165, 1.54) is 21.7 Å². The van der Waals surface area contributed by atoms with Crippen LogP contribution in [-0.4, -0.2) is 24.1 Å². The van der Waals surface area contributed by atoms with Gasteiger partial charge in [0.15, 0.2) is 0 Å². The molecule has 0 saturated carbocycles. The first-order valence-electron chi connectivity index (χ1n) is 9.47. The van der Waals surface area contributed by atoms with Gasteiger partial charge in [-0.05, 0) is 60.7 Å². The lowest BCUT2D eigenvalue weighted by atomic mass is 10.1. The zero-order chi connectivity index (χ0) is 18.5. The van der Waals surface area contributed by atoms with Crippen LogP contribution in [0.3, 0.4) is 0 Å². The Labute approximate surface area is 165 Å². The molecule has 0 radical (unpaired) electrons. The molecular weight excluding hydrogens is 354 g/mol. The van der Waals surface area contributed by atoms with E-state index in [1.807, 2.05) is 0 Å². The van der Waals surface area contributed by atoms with Crippen LogP contribution >= 0.6 is 11.9 Å². The summed E-state index contributed by atoms with van der Waals surface area (Å²) < 4.78 is 13.7. The van der Waals surface area contributed by atoms with Gasteiger partial charge in [0.25, 0.3) is 0 Å². The molecule has 27 heavy (non-hydrogen) atoms. The Balaban J connectivity index is 1.35. The number of nitrogens with zero attached hydrogens (tertiary/aromatic N) is 1. The lowest BCUT2D eigenvalue weighted by molar-refractivity contribution is 0.167. The Hall–Kier alpha value is -2.17. The maximum atomic E-state index is 5.91. The van der Waals surface area contributed by atoms with Crippen molar-refractivity contribution in [1.82, 2.24) is 4.31 Å². The van der Waals surface area contributed by atoms with Gasteiger partial charge in [-0.15, -0.1) is 0 Å². The number of hydrogen-bond acceptors (Lipinski definition) is 4. The van der Waals surface area contributed by atoms with Gasteiger partial charge in [0.2, 0.25) is 0 Å². The van der Waals surface area contributed by atoms with E-state index < -0.39 is 0 Å². The molecule has 0 spiro atoms. The summed E-state index contributed by atoms with van der Waals surface area (Å²) in [6, 6.07) is 19.0. The summed E-state index contributed by atoms with van der Waals surface area (Å²) in [5, 5.41) is 0. The van der Waals surface area contributed by atoms with Crippen LogP contribution in [0.5, 0.6) is 5.75 Å². The molecule has 0 aromatic heterocycles. The highest BCUT2D eigenvalue weighted by Gasteiger charge is 2.17. The molecule has 140 valence electrons. The third kappa shape index (κ3) is 4.76. The maximum Gasteiger partial charge on any atom is 0.119 e. The molecule has 0 aliphatic carbocycles. The normalized spacial score (nSPS) is 19.6. The first-order chi connectivity index (χ1) is 13.3. The Bertz CT molecular complexity index is 808. The topological polar surface area (TPSA) is 21.7 Å². The summed E-state index contributed by atoms with van der Waals surface area (Å²) in [6.07, 6.45) is 5.50. The van der Waals surface area contributed by atoms with Gasteiger partial charge in [-0.1, -0.05) is 42.5 Å². The zero-order valence-corrected chi connectivity index (χ0v) is 16.5. The third-order valence-corrected chi connectivity index (χ3v) is 6.10. The molecule has 2 aromatic carbocycles. The van der Waals surface area contributed by atoms with Gasteiger partial charge < -0.3 is 13.8 Å². The van der Waals surface area contributed by atoms with E-state index in [4.69, 9.17) is 9.47 Å². The predicted molar refractivity (Wildman–Crippen MR) is 112 cm³/mol. The van der Waals surface area contributed by atoms with Crippen LogP contribution in [0.15, 0.2) is 72.4 Å². The maximum absolute atomic E-state index is 5.91. The first kappa shape index (κ1) is 18.2. The van der Waals surface area contributed by atoms with Gasteiger partial charge in [0, 0.05) is 23.1 Å². The summed E-state index contributed by atoms with van der Waals surface area (Å²) in [7, 11) is 0. The van der Waals surface area contributed by atoms with Crippen molar-refractivity contribution >= 4 is 16.9 Å². The molecule has 0 N–H and O–H groups in total. The van der Waals surface area contributed by atoms with Crippen LogP contribution in [0.4, 0.5) is 0 Å². The zero-order valence-electron chi connectivity index (χ0n) is 15.6. The second-order valence-corrected chi connectivity index (χ2v) is 8.08. The van der Waals surface area contributed by atoms with Gasteiger partial charge >= 0.3 is 0 Å². The van der Waals surface area contributed by atoms with Crippen molar-refractivity contribution in [1.29, 1.82) is 0 Å². The number of benzene rings is 2. The van der Waals surface area contributed by atoms with Crippen LogP contribution < -0.4 is 4.74 Å². The molecule has 2 aromatic rings. The average molecular weight is 380 g/mol. The fraction of sp³-hybridized carbons (Fsp3) is 0.304. The Morgan fingerprint density at radius 2 is 1.89 bits per heavy atom. The summed E-state index contributed by atoms with van der Waals surface area (Å²) in [5.41, 5.74) is 3.80. The summed E-state index contributed by atoms with van der Waals surface area (Å²) in [6.45, 7) is 5.47. The van der Waals surface area contributed by atoms with Crippen molar-refractivity contribution in [2.45, 2.75) is 19.9 Å². The molecule has 1 saturated heterocycles. The molecule has 1 fully saturated rings. The fourth-order valence-corrected chi connectivity index (χ4v) is 4.22. The lowest BCUT2D eigenvalue weighted by Crippen LogP contribution is -2.15. The van der Waals surface area contributed by atoms with E-state index in [1.54, 1.807) is 11.9 Å². The number of rotatable bonds is 6. The van der Waals surface area contributed by atoms with Crippen molar-refractivity contribution < 1.29 is 9.47 Å². The van der Waals surface area contributed by atoms with E-state index in [9.17, 15) is 0 Å². The summed E-state index contributed by atoms with van der Waals surface area (Å²) >= 11 is 1.80. The Kier molecular flexibility index (Phi) is 5.85. The monoisotopic (exact) mass is 379 g/mol. The smallest absolute Gasteiger partial charge is 0.119 e. The fourth-order valence-electron chi connectivity index (χ4n) is 3.19. The van der Waals surface area contributed by atoms with Gasteiger partial charge in [-0.2, -0.15) is 0 Å². The van der Waals surface area contributed by atoms with E-state index in [-0.39, 0.29) is 0 Å². The van der Waals surface area contributed by atoms with Crippen LogP contribution in [0, 0.1) is 5.92 Å². The molecular formula is C23H25NO2S. The van der Waals surface area contributed by atoms with Crippen LogP contribution in [0.25, 0.3) is 4.91 Å². The van der Waals surface area contributed by atoms with Crippen molar-refractivity contribution in [2.24, 2.45) is 5.92 Å². The molecule has 0 bridgehead atoms. The number of hydrogen-bond donors (Lipinski definition) is 0. The molecule has 4 rings (SSSR count). The van der Waals surface area contributed by atoms with Crippen molar-refractivity contribution in [3.63, 3.8) is 0 Å². The largest absolute Gasteiger partial charge is 0.493 e. The second kappa shape index (κ2) is 8.68. The van der Waals surface area contributed by atoms with Gasteiger partial charge in [-0.3, -0.25) is 0 Å². The van der Waals surface area contributed by atoms with Crippen LogP contribution in [0.2, 0.25) is 0 Å². The highest BCUT2D eigenvalue weighted by atomic mass is 32.2. The summed E-state index contributed by atoms with van der Waals surface area (Å²) in [5.74, 6) is 1.47. The van der Waals surface area contributed by atoms with Gasteiger partial charge in [-0.25, -0.2) is 0 Å². The minimum atomic E-state index is 0.533. The first-order valence-corrected chi connectivity index (χ1v) is 10.2. The minimum Gasteiger partial charge on any atom is -0.493 e. The van der Waals surface area contributed by atoms with E-state index in [2.05, 4.69) is 78.0 Å². The molecule has 2 heterocycles. The average Bonchev–Trinajstić information content (AvgIpc) is 3.23.